The second-order valence-corrected chi connectivity index (χ2v) is 4.68. The normalized spacial score (nSPS) is 17.7. The molecule has 0 radical (unpaired) electrons. The topological polar surface area (TPSA) is 52.0 Å². The molecule has 0 amide bonds. The van der Waals surface area contributed by atoms with Crippen molar-refractivity contribution in [2.24, 2.45) is 0 Å². The van der Waals surface area contributed by atoms with E-state index in [1.54, 1.807) is 6.20 Å². The molecule has 0 spiro atoms. The predicted octanol–water partition coefficient (Wildman–Crippen LogP) is 1.50. The van der Waals surface area contributed by atoms with E-state index in [4.69, 9.17) is 4.74 Å². The number of halogens is 3. The second kappa shape index (κ2) is 5.87. The zero-order valence-corrected chi connectivity index (χ0v) is 10.7. The zero-order chi connectivity index (χ0) is 13.9. The Labute approximate surface area is 109 Å². The third-order valence-corrected chi connectivity index (χ3v) is 2.88. The first-order chi connectivity index (χ1) is 8.95. The lowest BCUT2D eigenvalue weighted by molar-refractivity contribution is -0.214. The van der Waals surface area contributed by atoms with Gasteiger partial charge in [0.15, 0.2) is 6.10 Å². The van der Waals surface area contributed by atoms with Crippen LogP contribution in [-0.4, -0.2) is 39.9 Å². The fraction of sp³-hybridized carbons (Fsp3) is 0.818. The molecule has 1 atom stereocenters. The highest BCUT2D eigenvalue weighted by atomic mass is 19.4. The van der Waals surface area contributed by atoms with Crippen molar-refractivity contribution in [1.82, 2.24) is 20.3 Å². The van der Waals surface area contributed by atoms with Gasteiger partial charge in [-0.3, -0.25) is 0 Å². The van der Waals surface area contributed by atoms with Crippen molar-refractivity contribution in [2.45, 2.75) is 51.2 Å². The highest BCUT2D eigenvalue weighted by Crippen LogP contribution is 2.22. The van der Waals surface area contributed by atoms with Crippen molar-refractivity contribution in [3.05, 3.63) is 11.9 Å². The lowest BCUT2D eigenvalue weighted by atomic mass is 10.4. The number of hydrogen-bond donors (Lipinski definition) is 1. The van der Waals surface area contributed by atoms with Gasteiger partial charge in [0, 0.05) is 18.8 Å². The van der Waals surface area contributed by atoms with Crippen LogP contribution in [0.2, 0.25) is 0 Å². The maximum atomic E-state index is 12.2. The second-order valence-electron chi connectivity index (χ2n) is 4.68. The minimum atomic E-state index is -4.32. The van der Waals surface area contributed by atoms with E-state index in [0.29, 0.717) is 12.6 Å². The van der Waals surface area contributed by atoms with Gasteiger partial charge >= 0.3 is 6.18 Å². The minimum absolute atomic E-state index is 0.0421. The molecular weight excluding hydrogens is 261 g/mol. The third-order valence-electron chi connectivity index (χ3n) is 2.88. The summed E-state index contributed by atoms with van der Waals surface area (Å²) in [4.78, 5) is 0. The van der Waals surface area contributed by atoms with Crippen molar-refractivity contribution >= 4 is 0 Å². The number of aromatic nitrogens is 3. The molecular formula is C11H17F3N4O. The van der Waals surface area contributed by atoms with Crippen molar-refractivity contribution in [3.8, 4) is 0 Å². The minimum Gasteiger partial charge on any atom is -0.367 e. The Morgan fingerprint density at radius 1 is 1.53 bits per heavy atom. The summed E-state index contributed by atoms with van der Waals surface area (Å²) in [6.07, 6.45) is -1.97. The van der Waals surface area contributed by atoms with Crippen LogP contribution in [0.5, 0.6) is 0 Å². The molecule has 0 saturated heterocycles. The molecule has 0 aliphatic heterocycles. The summed E-state index contributed by atoms with van der Waals surface area (Å²) in [7, 11) is 0. The Bertz CT molecular complexity index is 403. The van der Waals surface area contributed by atoms with Crippen LogP contribution in [0.1, 0.15) is 25.5 Å². The average Bonchev–Trinajstić information content (AvgIpc) is 3.05. The number of nitrogens with one attached hydrogen (secondary N) is 1. The van der Waals surface area contributed by atoms with Gasteiger partial charge in [0.05, 0.1) is 18.8 Å². The van der Waals surface area contributed by atoms with E-state index in [-0.39, 0.29) is 13.2 Å². The van der Waals surface area contributed by atoms with Gasteiger partial charge in [0.2, 0.25) is 0 Å². The molecule has 5 nitrogen and oxygen atoms in total. The van der Waals surface area contributed by atoms with Crippen molar-refractivity contribution in [1.29, 1.82) is 0 Å². The monoisotopic (exact) mass is 278 g/mol. The van der Waals surface area contributed by atoms with E-state index in [9.17, 15) is 13.2 Å². The summed E-state index contributed by atoms with van der Waals surface area (Å²) in [5.41, 5.74) is 0.788. The molecule has 8 heteroatoms. The number of hydrogen-bond acceptors (Lipinski definition) is 4. The van der Waals surface area contributed by atoms with Gasteiger partial charge in [-0.1, -0.05) is 5.21 Å². The van der Waals surface area contributed by atoms with E-state index < -0.39 is 12.3 Å². The summed E-state index contributed by atoms with van der Waals surface area (Å²) in [5, 5.41) is 11.1. The van der Waals surface area contributed by atoms with Crippen LogP contribution in [0, 0.1) is 0 Å². The average molecular weight is 278 g/mol. The molecule has 1 heterocycles. The summed E-state index contributed by atoms with van der Waals surface area (Å²) in [6, 6.07) is 0.584. The largest absolute Gasteiger partial charge is 0.414 e. The molecule has 1 unspecified atom stereocenters. The highest BCUT2D eigenvalue weighted by molar-refractivity contribution is 4.94. The Kier molecular flexibility index (Phi) is 4.41. The molecule has 1 aromatic rings. The SMILES string of the molecule is CC(OCCn1cc(CNC2CC2)nn1)C(F)(F)F. The quantitative estimate of drug-likeness (QED) is 0.821. The molecule has 1 N–H and O–H groups in total. The van der Waals surface area contributed by atoms with Crippen molar-refractivity contribution < 1.29 is 17.9 Å². The Morgan fingerprint density at radius 3 is 2.89 bits per heavy atom. The predicted molar refractivity (Wildman–Crippen MR) is 61.4 cm³/mol. The lowest BCUT2D eigenvalue weighted by Gasteiger charge is -2.15. The number of ether oxygens (including phenoxy) is 1. The first-order valence-electron chi connectivity index (χ1n) is 6.26. The van der Waals surface area contributed by atoms with Crippen LogP contribution in [-0.2, 0) is 17.8 Å². The number of nitrogens with zero attached hydrogens (tertiary/aromatic N) is 3. The molecule has 19 heavy (non-hydrogen) atoms. The van der Waals surface area contributed by atoms with Crippen LogP contribution in [0.25, 0.3) is 0 Å². The molecule has 108 valence electrons. The van der Waals surface area contributed by atoms with Crippen molar-refractivity contribution in [3.63, 3.8) is 0 Å². The van der Waals surface area contributed by atoms with Crippen LogP contribution in [0.3, 0.4) is 0 Å². The van der Waals surface area contributed by atoms with Crippen molar-refractivity contribution in [2.75, 3.05) is 6.61 Å². The van der Waals surface area contributed by atoms with E-state index in [1.165, 1.54) is 17.5 Å². The third kappa shape index (κ3) is 4.79. The van der Waals surface area contributed by atoms with Gasteiger partial charge in [0.1, 0.15) is 0 Å². The van der Waals surface area contributed by atoms with E-state index in [2.05, 4.69) is 15.6 Å². The van der Waals surface area contributed by atoms with Gasteiger partial charge in [-0.25, -0.2) is 4.68 Å². The molecule has 2 rings (SSSR count). The Balaban J connectivity index is 1.67. The highest BCUT2D eigenvalue weighted by Gasteiger charge is 2.36. The maximum absolute atomic E-state index is 12.2. The molecule has 1 saturated carbocycles. The maximum Gasteiger partial charge on any atom is 0.414 e. The number of rotatable bonds is 7. The smallest absolute Gasteiger partial charge is 0.367 e. The van der Waals surface area contributed by atoms with Crippen LogP contribution in [0.4, 0.5) is 13.2 Å². The van der Waals surface area contributed by atoms with Gasteiger partial charge < -0.3 is 10.1 Å². The standard InChI is InChI=1S/C11H17F3N4O/c1-8(11(12,13)14)19-5-4-18-7-10(16-17-18)6-15-9-2-3-9/h7-9,15H,2-6H2,1H3. The molecule has 0 bridgehead atoms. The number of alkyl halides is 3. The Morgan fingerprint density at radius 2 is 2.26 bits per heavy atom. The van der Waals surface area contributed by atoms with Gasteiger partial charge in [-0.05, 0) is 19.8 Å². The van der Waals surface area contributed by atoms with E-state index in [1.807, 2.05) is 0 Å². The fourth-order valence-corrected chi connectivity index (χ4v) is 1.48. The van der Waals surface area contributed by atoms with Crippen LogP contribution >= 0.6 is 0 Å². The summed E-state index contributed by atoms with van der Waals surface area (Å²) in [6.45, 7) is 1.85. The molecule has 1 fully saturated rings. The lowest BCUT2D eigenvalue weighted by Crippen LogP contribution is -2.29. The summed E-state index contributed by atoms with van der Waals surface area (Å²) in [5.74, 6) is 0. The van der Waals surface area contributed by atoms with Gasteiger partial charge in [-0.2, -0.15) is 13.2 Å². The molecule has 1 aromatic heterocycles. The first kappa shape index (κ1) is 14.3. The Hall–Kier alpha value is -1.15. The molecule has 0 aromatic carbocycles. The summed E-state index contributed by atoms with van der Waals surface area (Å²) < 4.78 is 42.8. The van der Waals surface area contributed by atoms with E-state index >= 15 is 0 Å². The van der Waals surface area contributed by atoms with E-state index in [0.717, 1.165) is 12.6 Å². The first-order valence-corrected chi connectivity index (χ1v) is 6.26. The summed E-state index contributed by atoms with van der Waals surface area (Å²) >= 11 is 0. The molecule has 1 aliphatic rings. The fourth-order valence-electron chi connectivity index (χ4n) is 1.48. The molecule has 1 aliphatic carbocycles. The van der Waals surface area contributed by atoms with Crippen LogP contribution < -0.4 is 5.32 Å². The van der Waals surface area contributed by atoms with Gasteiger partial charge in [0.25, 0.3) is 0 Å². The van der Waals surface area contributed by atoms with Crippen LogP contribution in [0.15, 0.2) is 6.20 Å². The zero-order valence-electron chi connectivity index (χ0n) is 10.7. The van der Waals surface area contributed by atoms with Gasteiger partial charge in [-0.15, -0.1) is 5.10 Å².